The van der Waals surface area contributed by atoms with Crippen molar-refractivity contribution in [1.29, 1.82) is 5.26 Å². The quantitative estimate of drug-likeness (QED) is 0.819. The monoisotopic (exact) mass is 326 g/mol. The van der Waals surface area contributed by atoms with Crippen LogP contribution in [-0.4, -0.2) is 49.7 Å². The lowest BCUT2D eigenvalue weighted by Gasteiger charge is -2.16. The maximum Gasteiger partial charge on any atom is 0.165 e. The van der Waals surface area contributed by atoms with Crippen LogP contribution in [0.4, 0.5) is 5.82 Å². The number of aryl methyl sites for hydroxylation is 1. The van der Waals surface area contributed by atoms with E-state index in [-0.39, 0.29) is 0 Å². The Morgan fingerprint density at radius 3 is 3.08 bits per heavy atom. The average molecular weight is 326 g/mol. The van der Waals surface area contributed by atoms with Crippen LogP contribution in [0.25, 0.3) is 0 Å². The molecule has 1 aliphatic rings. The standard InChI is InChI=1S/C16H22N8/c1-2-6-24-16(20-21-22-24)12-23-7-5-14(11-23)10-19-15-4-3-13(8-17)9-18-15/h3-4,9,14H,2,5-7,10-12H2,1H3,(H,18,19). The highest BCUT2D eigenvalue weighted by Crippen LogP contribution is 2.18. The maximum absolute atomic E-state index is 8.79. The second-order valence-corrected chi connectivity index (χ2v) is 6.13. The molecule has 126 valence electrons. The van der Waals surface area contributed by atoms with E-state index in [1.54, 1.807) is 12.3 Å². The summed E-state index contributed by atoms with van der Waals surface area (Å²) in [6.45, 7) is 6.77. The minimum absolute atomic E-state index is 0.581. The smallest absolute Gasteiger partial charge is 0.165 e. The van der Waals surface area contributed by atoms with Gasteiger partial charge >= 0.3 is 0 Å². The van der Waals surface area contributed by atoms with Crippen molar-refractivity contribution in [1.82, 2.24) is 30.1 Å². The molecule has 1 saturated heterocycles. The second kappa shape index (κ2) is 7.84. The molecule has 1 fully saturated rings. The summed E-state index contributed by atoms with van der Waals surface area (Å²) in [5.41, 5.74) is 0.581. The van der Waals surface area contributed by atoms with E-state index in [0.29, 0.717) is 11.5 Å². The fraction of sp³-hybridized carbons (Fsp3) is 0.562. The molecule has 2 aromatic rings. The first-order chi connectivity index (χ1) is 11.8. The van der Waals surface area contributed by atoms with Gasteiger partial charge < -0.3 is 5.32 Å². The molecule has 0 aliphatic carbocycles. The van der Waals surface area contributed by atoms with Crippen LogP contribution in [0.15, 0.2) is 18.3 Å². The van der Waals surface area contributed by atoms with Gasteiger partial charge in [-0.05, 0) is 47.9 Å². The van der Waals surface area contributed by atoms with Gasteiger partial charge in [0.15, 0.2) is 5.82 Å². The minimum atomic E-state index is 0.581. The zero-order valence-electron chi connectivity index (χ0n) is 13.9. The first-order valence-corrected chi connectivity index (χ1v) is 8.36. The first-order valence-electron chi connectivity index (χ1n) is 8.36. The molecule has 0 bridgehead atoms. The van der Waals surface area contributed by atoms with Crippen molar-refractivity contribution >= 4 is 5.82 Å². The molecule has 2 aromatic heterocycles. The number of pyridine rings is 1. The molecule has 8 heteroatoms. The molecule has 1 unspecified atom stereocenters. The molecule has 1 atom stereocenters. The Kier molecular flexibility index (Phi) is 5.33. The van der Waals surface area contributed by atoms with E-state index < -0.39 is 0 Å². The fourth-order valence-corrected chi connectivity index (χ4v) is 2.96. The zero-order chi connectivity index (χ0) is 16.8. The van der Waals surface area contributed by atoms with E-state index in [2.05, 4.69) is 43.7 Å². The molecular weight excluding hydrogens is 304 g/mol. The summed E-state index contributed by atoms with van der Waals surface area (Å²) in [6, 6.07) is 5.71. The summed E-state index contributed by atoms with van der Waals surface area (Å²) >= 11 is 0. The molecule has 3 rings (SSSR count). The van der Waals surface area contributed by atoms with Gasteiger partial charge in [0.1, 0.15) is 11.9 Å². The van der Waals surface area contributed by atoms with Crippen molar-refractivity contribution in [3.05, 3.63) is 29.7 Å². The van der Waals surface area contributed by atoms with Crippen LogP contribution >= 0.6 is 0 Å². The predicted octanol–water partition coefficient (Wildman–Crippen LogP) is 1.28. The number of nitrogens with one attached hydrogen (secondary N) is 1. The second-order valence-electron chi connectivity index (χ2n) is 6.13. The number of hydrogen-bond donors (Lipinski definition) is 1. The van der Waals surface area contributed by atoms with Crippen LogP contribution in [0, 0.1) is 17.2 Å². The highest BCUT2D eigenvalue weighted by atomic mass is 15.5. The van der Waals surface area contributed by atoms with Gasteiger partial charge in [-0.1, -0.05) is 6.92 Å². The topological polar surface area (TPSA) is 95.5 Å². The number of hydrogen-bond acceptors (Lipinski definition) is 7. The highest BCUT2D eigenvalue weighted by molar-refractivity contribution is 5.38. The van der Waals surface area contributed by atoms with Gasteiger partial charge in [-0.25, -0.2) is 9.67 Å². The lowest BCUT2D eigenvalue weighted by Crippen LogP contribution is -2.24. The molecule has 1 N–H and O–H groups in total. The molecule has 0 radical (unpaired) electrons. The molecule has 0 aromatic carbocycles. The number of nitriles is 1. The number of aromatic nitrogens is 5. The lowest BCUT2D eigenvalue weighted by molar-refractivity contribution is 0.302. The number of rotatable bonds is 7. The normalized spacial score (nSPS) is 17.8. The number of tetrazole rings is 1. The van der Waals surface area contributed by atoms with Crippen molar-refractivity contribution < 1.29 is 0 Å². The van der Waals surface area contributed by atoms with Crippen LogP contribution in [0.2, 0.25) is 0 Å². The molecule has 1 aliphatic heterocycles. The van der Waals surface area contributed by atoms with E-state index in [1.165, 1.54) is 0 Å². The Morgan fingerprint density at radius 1 is 1.42 bits per heavy atom. The Bertz CT molecular complexity index is 687. The van der Waals surface area contributed by atoms with Gasteiger partial charge in [0, 0.05) is 25.8 Å². The Morgan fingerprint density at radius 2 is 2.33 bits per heavy atom. The highest BCUT2D eigenvalue weighted by Gasteiger charge is 2.24. The Labute approximate surface area is 141 Å². The van der Waals surface area contributed by atoms with Crippen molar-refractivity contribution in [2.24, 2.45) is 5.92 Å². The predicted molar refractivity (Wildman–Crippen MR) is 88.9 cm³/mol. The third kappa shape index (κ3) is 4.06. The Hall–Kier alpha value is -2.53. The number of likely N-dealkylation sites (tertiary alicyclic amines) is 1. The summed E-state index contributed by atoms with van der Waals surface area (Å²) in [7, 11) is 0. The third-order valence-electron chi connectivity index (χ3n) is 4.24. The maximum atomic E-state index is 8.79. The van der Waals surface area contributed by atoms with Gasteiger partial charge in [0.2, 0.25) is 0 Å². The summed E-state index contributed by atoms with van der Waals surface area (Å²) in [5, 5.41) is 24.1. The zero-order valence-corrected chi connectivity index (χ0v) is 13.9. The minimum Gasteiger partial charge on any atom is -0.370 e. The van der Waals surface area contributed by atoms with E-state index in [4.69, 9.17) is 5.26 Å². The molecular formula is C16H22N8. The van der Waals surface area contributed by atoms with E-state index in [0.717, 1.165) is 57.2 Å². The van der Waals surface area contributed by atoms with Gasteiger partial charge in [-0.3, -0.25) is 4.90 Å². The summed E-state index contributed by atoms with van der Waals surface area (Å²) in [6.07, 6.45) is 3.78. The van der Waals surface area contributed by atoms with Crippen molar-refractivity contribution in [3.63, 3.8) is 0 Å². The molecule has 0 saturated carbocycles. The summed E-state index contributed by atoms with van der Waals surface area (Å²) in [5.74, 6) is 2.34. The Balaban J connectivity index is 1.46. The molecule has 0 spiro atoms. The van der Waals surface area contributed by atoms with Crippen LogP contribution in [-0.2, 0) is 13.1 Å². The van der Waals surface area contributed by atoms with E-state index in [9.17, 15) is 0 Å². The third-order valence-corrected chi connectivity index (χ3v) is 4.24. The van der Waals surface area contributed by atoms with Gasteiger partial charge in [-0.2, -0.15) is 5.26 Å². The average Bonchev–Trinajstić information content (AvgIpc) is 3.24. The van der Waals surface area contributed by atoms with Gasteiger partial charge in [0.05, 0.1) is 12.1 Å². The fourth-order valence-electron chi connectivity index (χ4n) is 2.96. The number of nitrogens with zero attached hydrogens (tertiary/aromatic N) is 7. The van der Waals surface area contributed by atoms with Crippen molar-refractivity contribution in [2.75, 3.05) is 25.0 Å². The van der Waals surface area contributed by atoms with E-state index >= 15 is 0 Å². The van der Waals surface area contributed by atoms with Crippen molar-refractivity contribution in [2.45, 2.75) is 32.9 Å². The molecule has 3 heterocycles. The van der Waals surface area contributed by atoms with Gasteiger partial charge in [-0.15, -0.1) is 5.10 Å². The molecule has 24 heavy (non-hydrogen) atoms. The van der Waals surface area contributed by atoms with E-state index in [1.807, 2.05) is 10.7 Å². The first kappa shape index (κ1) is 16.3. The van der Waals surface area contributed by atoms with Crippen LogP contribution in [0.5, 0.6) is 0 Å². The van der Waals surface area contributed by atoms with Crippen LogP contribution in [0.1, 0.15) is 31.2 Å². The van der Waals surface area contributed by atoms with Gasteiger partial charge in [0.25, 0.3) is 0 Å². The van der Waals surface area contributed by atoms with Crippen LogP contribution in [0.3, 0.4) is 0 Å². The summed E-state index contributed by atoms with van der Waals surface area (Å²) in [4.78, 5) is 6.64. The largest absolute Gasteiger partial charge is 0.370 e. The summed E-state index contributed by atoms with van der Waals surface area (Å²) < 4.78 is 1.90. The SMILES string of the molecule is CCCn1nnnc1CN1CCC(CNc2ccc(C#N)cn2)C1. The molecule has 8 nitrogen and oxygen atoms in total. The van der Waals surface area contributed by atoms with Crippen molar-refractivity contribution in [3.8, 4) is 6.07 Å². The number of anilines is 1. The van der Waals surface area contributed by atoms with Crippen LogP contribution < -0.4 is 5.32 Å². The lowest BCUT2D eigenvalue weighted by atomic mass is 10.1. The molecule has 0 amide bonds.